The molecule has 3 N–H and O–H groups in total. The monoisotopic (exact) mass is 369 g/mol. The molecular weight excluding hydrogens is 350 g/mol. The van der Waals surface area contributed by atoms with Crippen molar-refractivity contribution in [1.82, 2.24) is 15.6 Å². The van der Waals surface area contributed by atoms with Crippen molar-refractivity contribution in [3.8, 4) is 0 Å². The van der Waals surface area contributed by atoms with E-state index in [9.17, 15) is 9.59 Å². The van der Waals surface area contributed by atoms with E-state index >= 15 is 0 Å². The fourth-order valence-corrected chi connectivity index (χ4v) is 2.86. The highest BCUT2D eigenvalue weighted by molar-refractivity contribution is 9.10. The van der Waals surface area contributed by atoms with Crippen LogP contribution in [0.15, 0.2) is 22.8 Å². The summed E-state index contributed by atoms with van der Waals surface area (Å²) < 4.78 is 0.892. The Kier molecular flexibility index (Phi) is 5.76. The summed E-state index contributed by atoms with van der Waals surface area (Å²) in [5.41, 5.74) is 0.785. The number of aromatic nitrogens is 1. The second-order valence-corrected chi connectivity index (χ2v) is 6.54. The van der Waals surface area contributed by atoms with E-state index < -0.39 is 5.97 Å². The third-order valence-corrected chi connectivity index (χ3v) is 4.42. The predicted octanol–water partition coefficient (Wildman–Crippen LogP) is 2.85. The minimum absolute atomic E-state index is 0.0423. The van der Waals surface area contributed by atoms with Crippen LogP contribution in [0, 0.1) is 5.92 Å². The number of rotatable bonds is 4. The van der Waals surface area contributed by atoms with Crippen molar-refractivity contribution >= 4 is 27.9 Å². The average Bonchev–Trinajstić information content (AvgIpc) is 2.48. The fraction of sp³-hybridized carbons (Fsp3) is 0.533. The maximum Gasteiger partial charge on any atom is 0.315 e. The van der Waals surface area contributed by atoms with Crippen LogP contribution in [0.3, 0.4) is 0 Å². The number of carbonyl (C=O) groups is 2. The van der Waals surface area contributed by atoms with E-state index in [1.54, 1.807) is 6.20 Å². The normalized spacial score (nSPS) is 22.6. The molecular formula is C15H20BrN3O3. The van der Waals surface area contributed by atoms with E-state index in [1.807, 2.05) is 19.1 Å². The lowest BCUT2D eigenvalue weighted by molar-refractivity contribution is -0.142. The van der Waals surface area contributed by atoms with Gasteiger partial charge in [0, 0.05) is 16.7 Å². The zero-order valence-electron chi connectivity index (χ0n) is 12.4. The SMILES string of the molecule is CC(NC(=O)NC1CCC(C(=O)O)CC1)c1ccc(Br)cn1. The van der Waals surface area contributed by atoms with Crippen LogP contribution in [0.25, 0.3) is 0 Å². The number of nitrogens with one attached hydrogen (secondary N) is 2. The number of halogens is 1. The molecule has 1 fully saturated rings. The van der Waals surface area contributed by atoms with E-state index in [0.29, 0.717) is 25.7 Å². The van der Waals surface area contributed by atoms with E-state index in [-0.39, 0.29) is 24.0 Å². The minimum atomic E-state index is -0.738. The molecule has 22 heavy (non-hydrogen) atoms. The van der Waals surface area contributed by atoms with E-state index in [0.717, 1.165) is 10.2 Å². The summed E-state index contributed by atoms with van der Waals surface area (Å²) in [6, 6.07) is 3.35. The number of carboxylic acid groups (broad SMARTS) is 1. The van der Waals surface area contributed by atoms with Crippen LogP contribution in [0.5, 0.6) is 0 Å². The number of pyridine rings is 1. The van der Waals surface area contributed by atoms with Gasteiger partial charge in [-0.2, -0.15) is 0 Å². The summed E-state index contributed by atoms with van der Waals surface area (Å²) in [5, 5.41) is 14.7. The molecule has 2 amide bonds. The van der Waals surface area contributed by atoms with Gasteiger partial charge in [0.1, 0.15) is 0 Å². The van der Waals surface area contributed by atoms with Crippen LogP contribution in [0.1, 0.15) is 44.3 Å². The maximum atomic E-state index is 12.0. The Hall–Kier alpha value is -1.63. The molecule has 0 saturated heterocycles. The molecule has 1 atom stereocenters. The van der Waals surface area contributed by atoms with Gasteiger partial charge < -0.3 is 15.7 Å². The highest BCUT2D eigenvalue weighted by Gasteiger charge is 2.26. The topological polar surface area (TPSA) is 91.3 Å². The number of hydrogen-bond acceptors (Lipinski definition) is 3. The minimum Gasteiger partial charge on any atom is -0.481 e. The third kappa shape index (κ3) is 4.69. The molecule has 1 aromatic heterocycles. The quantitative estimate of drug-likeness (QED) is 0.760. The van der Waals surface area contributed by atoms with Crippen molar-refractivity contribution in [3.05, 3.63) is 28.5 Å². The van der Waals surface area contributed by atoms with E-state index in [1.165, 1.54) is 0 Å². The van der Waals surface area contributed by atoms with Gasteiger partial charge in [-0.25, -0.2) is 4.79 Å². The number of urea groups is 1. The molecule has 120 valence electrons. The lowest BCUT2D eigenvalue weighted by atomic mass is 9.86. The van der Waals surface area contributed by atoms with Gasteiger partial charge in [0.15, 0.2) is 0 Å². The van der Waals surface area contributed by atoms with Gasteiger partial charge in [0.2, 0.25) is 0 Å². The highest BCUT2D eigenvalue weighted by Crippen LogP contribution is 2.24. The Morgan fingerprint density at radius 3 is 2.55 bits per heavy atom. The fourth-order valence-electron chi connectivity index (χ4n) is 2.63. The largest absolute Gasteiger partial charge is 0.481 e. The third-order valence-electron chi connectivity index (χ3n) is 3.95. The van der Waals surface area contributed by atoms with Crippen LogP contribution in [-0.2, 0) is 4.79 Å². The van der Waals surface area contributed by atoms with Crippen LogP contribution in [0.4, 0.5) is 4.79 Å². The lowest BCUT2D eigenvalue weighted by Gasteiger charge is -2.27. The number of aliphatic carboxylic acids is 1. The summed E-state index contributed by atoms with van der Waals surface area (Å²) in [5.74, 6) is -1.01. The molecule has 6 nitrogen and oxygen atoms in total. The molecule has 7 heteroatoms. The summed E-state index contributed by atoms with van der Waals surface area (Å²) in [6.07, 6.45) is 4.33. The number of nitrogens with zero attached hydrogens (tertiary/aromatic N) is 1. The predicted molar refractivity (Wildman–Crippen MR) is 85.4 cm³/mol. The summed E-state index contributed by atoms with van der Waals surface area (Å²) in [6.45, 7) is 1.87. The van der Waals surface area contributed by atoms with Crippen LogP contribution in [0.2, 0.25) is 0 Å². The number of carbonyl (C=O) groups excluding carboxylic acids is 1. The highest BCUT2D eigenvalue weighted by atomic mass is 79.9. The molecule has 2 rings (SSSR count). The number of hydrogen-bond donors (Lipinski definition) is 3. The summed E-state index contributed by atoms with van der Waals surface area (Å²) in [4.78, 5) is 27.2. The Balaban J connectivity index is 1.78. The Morgan fingerprint density at radius 1 is 1.32 bits per heavy atom. The van der Waals surface area contributed by atoms with Gasteiger partial charge in [0.25, 0.3) is 0 Å². The first-order chi connectivity index (χ1) is 10.5. The first-order valence-electron chi connectivity index (χ1n) is 7.37. The van der Waals surface area contributed by atoms with Crippen LogP contribution in [-0.4, -0.2) is 28.1 Å². The van der Waals surface area contributed by atoms with E-state index in [4.69, 9.17) is 5.11 Å². The molecule has 0 aromatic carbocycles. The standard InChI is InChI=1S/C15H20BrN3O3/c1-9(13-7-4-11(16)8-17-13)18-15(22)19-12-5-2-10(3-6-12)14(20)21/h4,7-10,12H,2-3,5-6H2,1H3,(H,20,21)(H2,18,19,22). The van der Waals surface area contributed by atoms with Gasteiger partial charge in [-0.15, -0.1) is 0 Å². The Bertz CT molecular complexity index is 527. The van der Waals surface area contributed by atoms with Crippen molar-refractivity contribution < 1.29 is 14.7 Å². The average molecular weight is 370 g/mol. The molecule has 0 spiro atoms. The summed E-state index contributed by atoms with van der Waals surface area (Å²) in [7, 11) is 0. The van der Waals surface area contributed by atoms with Crippen molar-refractivity contribution in [2.75, 3.05) is 0 Å². The van der Waals surface area contributed by atoms with Gasteiger partial charge in [-0.1, -0.05) is 0 Å². The van der Waals surface area contributed by atoms with Crippen LogP contribution < -0.4 is 10.6 Å². The van der Waals surface area contributed by atoms with Crippen molar-refractivity contribution in [2.24, 2.45) is 5.92 Å². The molecule has 0 aliphatic heterocycles. The first kappa shape index (κ1) is 16.7. The van der Waals surface area contributed by atoms with Crippen molar-refractivity contribution in [1.29, 1.82) is 0 Å². The van der Waals surface area contributed by atoms with Crippen molar-refractivity contribution in [3.63, 3.8) is 0 Å². The molecule has 0 bridgehead atoms. The van der Waals surface area contributed by atoms with Gasteiger partial charge in [-0.05, 0) is 60.7 Å². The first-order valence-corrected chi connectivity index (χ1v) is 8.16. The van der Waals surface area contributed by atoms with Gasteiger partial charge in [-0.3, -0.25) is 9.78 Å². The maximum absolute atomic E-state index is 12.0. The molecule has 1 aromatic rings. The molecule has 1 saturated carbocycles. The molecule has 1 heterocycles. The van der Waals surface area contributed by atoms with Crippen molar-refractivity contribution in [2.45, 2.75) is 44.7 Å². The molecule has 1 unspecified atom stereocenters. The second kappa shape index (κ2) is 7.58. The number of carboxylic acids is 1. The van der Waals surface area contributed by atoms with E-state index in [2.05, 4.69) is 31.5 Å². The molecule has 1 aliphatic rings. The summed E-state index contributed by atoms with van der Waals surface area (Å²) >= 11 is 3.32. The Labute approximate surface area is 137 Å². The van der Waals surface area contributed by atoms with Gasteiger partial charge in [0.05, 0.1) is 17.7 Å². The zero-order valence-corrected chi connectivity index (χ0v) is 14.0. The molecule has 0 radical (unpaired) electrons. The molecule has 1 aliphatic carbocycles. The smallest absolute Gasteiger partial charge is 0.315 e. The number of amides is 2. The van der Waals surface area contributed by atoms with Gasteiger partial charge >= 0.3 is 12.0 Å². The zero-order chi connectivity index (χ0) is 16.1. The Morgan fingerprint density at radius 2 is 2.00 bits per heavy atom. The van der Waals surface area contributed by atoms with Crippen LogP contribution >= 0.6 is 15.9 Å². The second-order valence-electron chi connectivity index (χ2n) is 5.63. The lowest BCUT2D eigenvalue weighted by Crippen LogP contribution is -2.44.